The van der Waals surface area contributed by atoms with Crippen molar-refractivity contribution in [3.8, 4) is 33.8 Å². The summed E-state index contributed by atoms with van der Waals surface area (Å²) < 4.78 is 11.4. The quantitative estimate of drug-likeness (QED) is 0.0708. The number of methoxy groups -OCH3 is 2. The number of nitrogens with one attached hydrogen (secondary N) is 1. The van der Waals surface area contributed by atoms with Gasteiger partial charge < -0.3 is 35.4 Å². The Hall–Kier alpha value is -6.34. The van der Waals surface area contributed by atoms with E-state index in [-0.39, 0.29) is 56.9 Å². The van der Waals surface area contributed by atoms with E-state index in [9.17, 15) is 33.9 Å². The molecule has 3 atom stereocenters. The molecule has 63 heavy (non-hydrogen) atoms. The van der Waals surface area contributed by atoms with Crippen LogP contribution in [0.3, 0.4) is 0 Å². The second-order valence-electron chi connectivity index (χ2n) is 16.2. The zero-order valence-electron chi connectivity index (χ0n) is 37.0. The van der Waals surface area contributed by atoms with Crippen LogP contribution < -0.4 is 20.5 Å². The van der Waals surface area contributed by atoms with Gasteiger partial charge in [-0.1, -0.05) is 80.9 Å². The van der Waals surface area contributed by atoms with Gasteiger partial charge in [-0.05, 0) is 84.3 Å². The van der Waals surface area contributed by atoms with Gasteiger partial charge in [0.25, 0.3) is 0 Å². The molecule has 0 radical (unpaired) electrons. The van der Waals surface area contributed by atoms with E-state index in [1.165, 1.54) is 43.6 Å². The number of carboxylic acids is 1. The molecule has 334 valence electrons. The maximum Gasteiger partial charge on any atom is 0.326 e. The van der Waals surface area contributed by atoms with Crippen LogP contribution in [0, 0.1) is 5.92 Å². The number of likely N-dealkylation sites (N-methyl/N-ethyl adjacent to an activating group) is 1. The number of nitrogens with two attached hydrogens (primary N) is 1. The lowest BCUT2D eigenvalue weighted by Gasteiger charge is -2.32. The molecule has 4 bridgehead atoms. The Morgan fingerprint density at radius 2 is 1.43 bits per heavy atom. The first-order valence-corrected chi connectivity index (χ1v) is 21.7. The van der Waals surface area contributed by atoms with Crippen molar-refractivity contribution in [3.05, 3.63) is 107 Å². The number of hydrogen-bond acceptors (Lipinski definition) is 9. The van der Waals surface area contributed by atoms with E-state index in [4.69, 9.17) is 15.2 Å². The average molecular weight is 861 g/mol. The third kappa shape index (κ3) is 12.4. The lowest BCUT2D eigenvalue weighted by Crippen LogP contribution is -2.46. The van der Waals surface area contributed by atoms with Gasteiger partial charge in [-0.25, -0.2) is 4.79 Å². The summed E-state index contributed by atoms with van der Waals surface area (Å²) in [6.07, 6.45) is 3.38. The minimum absolute atomic E-state index is 0.0275. The highest BCUT2D eigenvalue weighted by Gasteiger charge is 2.34. The van der Waals surface area contributed by atoms with Gasteiger partial charge in [0.2, 0.25) is 17.7 Å². The summed E-state index contributed by atoms with van der Waals surface area (Å²) >= 11 is 0. The molecule has 1 heterocycles. The molecule has 1 aliphatic rings. The maximum atomic E-state index is 14.4. The van der Waals surface area contributed by atoms with Gasteiger partial charge in [-0.15, -0.1) is 0 Å². The summed E-state index contributed by atoms with van der Waals surface area (Å²) in [7, 11) is 4.48. The Morgan fingerprint density at radius 3 is 2.05 bits per heavy atom. The van der Waals surface area contributed by atoms with Gasteiger partial charge in [-0.3, -0.25) is 24.0 Å². The first-order chi connectivity index (χ1) is 30.3. The van der Waals surface area contributed by atoms with Crippen molar-refractivity contribution in [3.63, 3.8) is 0 Å². The number of ketones is 2. The Bertz CT molecular complexity index is 2260. The summed E-state index contributed by atoms with van der Waals surface area (Å²) in [6.45, 7) is 3.99. The molecule has 0 spiro atoms. The van der Waals surface area contributed by atoms with Crippen molar-refractivity contribution in [2.24, 2.45) is 11.7 Å². The molecule has 0 aliphatic carbocycles. The van der Waals surface area contributed by atoms with Gasteiger partial charge in [0.05, 0.1) is 20.8 Å². The monoisotopic (exact) mass is 860 g/mol. The first-order valence-electron chi connectivity index (χ1n) is 21.7. The number of hydrogen-bond donors (Lipinski definition) is 3. The highest BCUT2D eigenvalue weighted by molar-refractivity contribution is 5.97. The molecule has 1 aliphatic heterocycles. The lowest BCUT2D eigenvalue weighted by atomic mass is 9.90. The van der Waals surface area contributed by atoms with E-state index >= 15 is 0 Å². The number of carbonyl (C=O) groups is 6. The predicted octanol–water partition coefficient (Wildman–Crippen LogP) is 6.83. The molecule has 3 amide bonds. The summed E-state index contributed by atoms with van der Waals surface area (Å²) in [6, 6.07) is 23.7. The fraction of sp³-hybridized carbons (Fsp3) is 0.400. The summed E-state index contributed by atoms with van der Waals surface area (Å²) in [4.78, 5) is 84.1. The zero-order valence-corrected chi connectivity index (χ0v) is 37.0. The summed E-state index contributed by atoms with van der Waals surface area (Å²) in [5.74, 6) is -3.28. The largest absolute Gasteiger partial charge is 0.496 e. The smallest absolute Gasteiger partial charge is 0.326 e. The first kappa shape index (κ1) is 47.7. The van der Waals surface area contributed by atoms with Gasteiger partial charge >= 0.3 is 5.97 Å². The lowest BCUT2D eigenvalue weighted by molar-refractivity contribution is -0.144. The van der Waals surface area contributed by atoms with Gasteiger partial charge in [-0.2, -0.15) is 0 Å². The molecule has 5 rings (SSSR count). The molecule has 0 unspecified atom stereocenters. The van der Waals surface area contributed by atoms with Crippen LogP contribution in [0.1, 0.15) is 91.9 Å². The highest BCUT2D eigenvalue weighted by Crippen LogP contribution is 2.40. The molecule has 0 saturated carbocycles. The topological polar surface area (TPSA) is 186 Å². The van der Waals surface area contributed by atoms with Crippen molar-refractivity contribution < 1.29 is 43.3 Å². The van der Waals surface area contributed by atoms with Crippen LogP contribution in [0.15, 0.2) is 84.9 Å². The fourth-order valence-corrected chi connectivity index (χ4v) is 7.94. The molecule has 0 aromatic heterocycles. The number of aliphatic carboxylic acids is 1. The Labute approximate surface area is 369 Å². The third-order valence-electron chi connectivity index (χ3n) is 11.6. The minimum Gasteiger partial charge on any atom is -0.496 e. The number of ether oxygens (including phenoxy) is 2. The summed E-state index contributed by atoms with van der Waals surface area (Å²) in [5, 5.41) is 12.6. The van der Waals surface area contributed by atoms with Crippen molar-refractivity contribution in [1.29, 1.82) is 0 Å². The summed E-state index contributed by atoms with van der Waals surface area (Å²) in [5.41, 5.74) is 11.8. The van der Waals surface area contributed by atoms with Crippen LogP contribution in [0.4, 0.5) is 0 Å². The molecule has 4 aromatic carbocycles. The molecular weight excluding hydrogens is 801 g/mol. The van der Waals surface area contributed by atoms with E-state index in [1.54, 1.807) is 48.5 Å². The normalized spacial score (nSPS) is 16.3. The van der Waals surface area contributed by atoms with Crippen LogP contribution in [0.5, 0.6) is 11.5 Å². The SMILES string of the molecule is CCCc1ccc(-c2ccc(C(=O)CCCC(=O)N(CCCCN)CC(=O)N(C)[C@@H]3C(=O)C[C@@H](C)C(=O)N[C@H](C(=O)O)Cc4ccc(OC)c(c4)-c4cc3ccc4OC)cc2)cc1. The number of nitrogens with zero attached hydrogens (tertiary/aromatic N) is 2. The van der Waals surface area contributed by atoms with E-state index in [2.05, 4.69) is 36.5 Å². The highest BCUT2D eigenvalue weighted by atomic mass is 16.5. The number of rotatable bonds is 18. The maximum absolute atomic E-state index is 14.4. The number of unbranched alkanes of at least 4 members (excludes halogenated alkanes) is 1. The molecule has 13 heteroatoms. The van der Waals surface area contributed by atoms with E-state index in [0.717, 1.165) is 24.0 Å². The van der Waals surface area contributed by atoms with Gasteiger partial charge in [0.15, 0.2) is 11.6 Å². The molecule has 4 aromatic rings. The van der Waals surface area contributed by atoms with E-state index < -0.39 is 41.6 Å². The molecule has 0 saturated heterocycles. The van der Waals surface area contributed by atoms with Gasteiger partial charge in [0.1, 0.15) is 23.6 Å². The van der Waals surface area contributed by atoms with Crippen LogP contribution in [-0.4, -0.2) is 97.1 Å². The molecule has 13 nitrogen and oxygen atoms in total. The van der Waals surface area contributed by atoms with Crippen molar-refractivity contribution in [2.45, 2.75) is 83.7 Å². The van der Waals surface area contributed by atoms with Gasteiger partial charge in [0, 0.05) is 61.9 Å². The second kappa shape index (κ2) is 22.7. The van der Waals surface area contributed by atoms with Crippen LogP contribution in [-0.2, 0) is 36.8 Å². The average Bonchev–Trinajstić information content (AvgIpc) is 3.28. The number of amides is 3. The second-order valence-corrected chi connectivity index (χ2v) is 16.2. The zero-order chi connectivity index (χ0) is 45.6. The third-order valence-corrected chi connectivity index (χ3v) is 11.6. The number of aryl methyl sites for hydroxylation is 1. The van der Waals surface area contributed by atoms with Crippen molar-refractivity contribution in [2.75, 3.05) is 40.9 Å². The van der Waals surface area contributed by atoms with Crippen LogP contribution in [0.2, 0.25) is 0 Å². The predicted molar refractivity (Wildman–Crippen MR) is 241 cm³/mol. The fourth-order valence-electron chi connectivity index (χ4n) is 7.94. The van der Waals surface area contributed by atoms with Crippen LogP contribution >= 0.6 is 0 Å². The standard InChI is InChI=1S/C50H60N4O9/c1-6-10-33-13-16-35(17-14-33)36-18-20-37(21-19-36)42(55)11-9-12-46(57)54(26-8-7-25-51)31-47(58)53(3)48-38-22-24-45(63-5)40(30-38)39-28-34(15-23-44(39)62-4)29-41(50(60)61)52-49(59)32(2)27-43(48)56/h13-24,28,30,32,41,48H,6-12,25-27,29,31,51H2,1-5H3,(H,52,59)(H,60,61)/t32-,41+,48+/m1/s1. The molecule has 4 N–H and O–H groups in total. The molecular formula is C50H60N4O9. The number of Topliss-reactive ketones (excluding diaryl/α,β-unsaturated/α-hetero) is 2. The number of fused-ring (bicyclic) bond motifs is 5. The van der Waals surface area contributed by atoms with Crippen LogP contribution in [0.25, 0.3) is 22.3 Å². The number of benzene rings is 4. The Morgan fingerprint density at radius 1 is 0.794 bits per heavy atom. The van der Waals surface area contributed by atoms with Crippen molar-refractivity contribution in [1.82, 2.24) is 15.1 Å². The van der Waals surface area contributed by atoms with E-state index in [0.29, 0.717) is 58.7 Å². The Kier molecular flexibility index (Phi) is 17.2. The van der Waals surface area contributed by atoms with E-state index in [1.807, 2.05) is 12.1 Å². The molecule has 0 fully saturated rings. The van der Waals surface area contributed by atoms with Crippen molar-refractivity contribution >= 4 is 35.3 Å². The number of carboxylic acid groups (broad SMARTS) is 1. The number of carbonyl (C=O) groups excluding carboxylic acids is 5. The minimum atomic E-state index is -1.28. The Balaban J connectivity index is 1.36.